The molecule has 0 aliphatic heterocycles. The number of nitrogens with zero attached hydrogens (tertiary/aromatic N) is 2. The summed E-state index contributed by atoms with van der Waals surface area (Å²) in [6.45, 7) is 2.46. The molecule has 0 spiro atoms. The highest BCUT2D eigenvalue weighted by molar-refractivity contribution is 7.09. The molecule has 0 aliphatic rings. The Bertz CT molecular complexity index is 597. The number of aryl methyl sites for hydroxylation is 2. The SMILES string of the molecule is Cc1nc(CN(C)C(=O)CCc2cccc(F)c2)cs1. The van der Waals surface area contributed by atoms with Gasteiger partial charge in [0.1, 0.15) is 5.82 Å². The summed E-state index contributed by atoms with van der Waals surface area (Å²) in [6, 6.07) is 6.37. The van der Waals surface area contributed by atoms with E-state index in [0.717, 1.165) is 16.3 Å². The molecule has 0 atom stereocenters. The zero-order valence-corrected chi connectivity index (χ0v) is 12.4. The average Bonchev–Trinajstić information content (AvgIpc) is 2.81. The lowest BCUT2D eigenvalue weighted by Crippen LogP contribution is -2.26. The number of hydrogen-bond donors (Lipinski definition) is 0. The first-order valence-corrected chi connectivity index (χ1v) is 7.32. The number of rotatable bonds is 5. The van der Waals surface area contributed by atoms with Gasteiger partial charge in [0.2, 0.25) is 5.91 Å². The van der Waals surface area contributed by atoms with Gasteiger partial charge >= 0.3 is 0 Å². The summed E-state index contributed by atoms with van der Waals surface area (Å²) < 4.78 is 13.0. The highest BCUT2D eigenvalue weighted by Crippen LogP contribution is 2.11. The smallest absolute Gasteiger partial charge is 0.222 e. The Balaban J connectivity index is 1.85. The van der Waals surface area contributed by atoms with Crippen LogP contribution >= 0.6 is 11.3 Å². The molecule has 0 saturated carbocycles. The van der Waals surface area contributed by atoms with Gasteiger partial charge in [0.15, 0.2) is 0 Å². The first kappa shape index (κ1) is 14.7. The number of carbonyl (C=O) groups is 1. The van der Waals surface area contributed by atoms with Gasteiger partial charge < -0.3 is 4.90 Å². The first-order valence-electron chi connectivity index (χ1n) is 6.44. The van der Waals surface area contributed by atoms with Gasteiger partial charge in [-0.1, -0.05) is 12.1 Å². The van der Waals surface area contributed by atoms with Crippen molar-refractivity contribution in [1.29, 1.82) is 0 Å². The van der Waals surface area contributed by atoms with Crippen LogP contribution in [0.4, 0.5) is 4.39 Å². The molecule has 0 N–H and O–H groups in total. The van der Waals surface area contributed by atoms with E-state index in [-0.39, 0.29) is 11.7 Å². The van der Waals surface area contributed by atoms with E-state index in [1.54, 1.807) is 29.4 Å². The van der Waals surface area contributed by atoms with E-state index in [1.807, 2.05) is 18.4 Å². The van der Waals surface area contributed by atoms with Crippen molar-refractivity contribution in [2.45, 2.75) is 26.3 Å². The fraction of sp³-hybridized carbons (Fsp3) is 0.333. The number of halogens is 1. The van der Waals surface area contributed by atoms with E-state index in [1.165, 1.54) is 12.1 Å². The minimum atomic E-state index is -0.263. The third-order valence-corrected chi connectivity index (χ3v) is 3.83. The molecule has 1 amide bonds. The Morgan fingerprint density at radius 2 is 2.25 bits per heavy atom. The maximum atomic E-state index is 13.0. The van der Waals surface area contributed by atoms with Crippen LogP contribution in [0.5, 0.6) is 0 Å². The van der Waals surface area contributed by atoms with Gasteiger partial charge in [-0.3, -0.25) is 4.79 Å². The monoisotopic (exact) mass is 292 g/mol. The Labute approximate surface area is 122 Å². The summed E-state index contributed by atoms with van der Waals surface area (Å²) in [5.74, 6) is -0.221. The molecule has 3 nitrogen and oxygen atoms in total. The molecule has 0 bridgehead atoms. The Morgan fingerprint density at radius 1 is 1.45 bits per heavy atom. The Kier molecular flexibility index (Phi) is 4.84. The van der Waals surface area contributed by atoms with Crippen LogP contribution in [-0.4, -0.2) is 22.8 Å². The maximum Gasteiger partial charge on any atom is 0.222 e. The van der Waals surface area contributed by atoms with E-state index in [9.17, 15) is 9.18 Å². The predicted molar refractivity (Wildman–Crippen MR) is 78.0 cm³/mol. The van der Waals surface area contributed by atoms with Crippen molar-refractivity contribution in [2.24, 2.45) is 0 Å². The molecule has 106 valence electrons. The van der Waals surface area contributed by atoms with Crippen molar-refractivity contribution < 1.29 is 9.18 Å². The molecule has 2 rings (SSSR count). The van der Waals surface area contributed by atoms with E-state index in [4.69, 9.17) is 0 Å². The van der Waals surface area contributed by atoms with Gasteiger partial charge in [-0.15, -0.1) is 11.3 Å². The lowest BCUT2D eigenvalue weighted by atomic mass is 10.1. The van der Waals surface area contributed by atoms with Crippen LogP contribution in [0.15, 0.2) is 29.6 Å². The van der Waals surface area contributed by atoms with Gasteiger partial charge in [0.05, 0.1) is 17.2 Å². The highest BCUT2D eigenvalue weighted by Gasteiger charge is 2.11. The Hall–Kier alpha value is -1.75. The number of hydrogen-bond acceptors (Lipinski definition) is 3. The van der Waals surface area contributed by atoms with Crippen LogP contribution in [-0.2, 0) is 17.8 Å². The second kappa shape index (κ2) is 6.61. The fourth-order valence-corrected chi connectivity index (χ4v) is 2.55. The largest absolute Gasteiger partial charge is 0.340 e. The molecule has 0 saturated heterocycles. The molecule has 0 aliphatic carbocycles. The molecule has 20 heavy (non-hydrogen) atoms. The predicted octanol–water partition coefficient (Wildman–Crippen LogP) is 3.18. The van der Waals surface area contributed by atoms with Crippen LogP contribution in [0.1, 0.15) is 22.7 Å². The van der Waals surface area contributed by atoms with Crippen LogP contribution in [0, 0.1) is 12.7 Å². The first-order chi connectivity index (χ1) is 9.54. The summed E-state index contributed by atoms with van der Waals surface area (Å²) in [5.41, 5.74) is 1.75. The van der Waals surface area contributed by atoms with Gasteiger partial charge in [-0.05, 0) is 31.0 Å². The lowest BCUT2D eigenvalue weighted by molar-refractivity contribution is -0.130. The molecule has 0 radical (unpaired) electrons. The van der Waals surface area contributed by atoms with Crippen LogP contribution in [0.25, 0.3) is 0 Å². The maximum absolute atomic E-state index is 13.0. The second-order valence-corrected chi connectivity index (χ2v) is 5.80. The summed E-state index contributed by atoms with van der Waals surface area (Å²) in [7, 11) is 1.77. The van der Waals surface area contributed by atoms with Crippen molar-refractivity contribution in [3.05, 3.63) is 51.7 Å². The molecule has 1 aromatic carbocycles. The second-order valence-electron chi connectivity index (χ2n) is 4.74. The molecule has 1 aromatic heterocycles. The lowest BCUT2D eigenvalue weighted by Gasteiger charge is -2.15. The minimum absolute atomic E-state index is 0.0416. The number of carbonyl (C=O) groups excluding carboxylic acids is 1. The minimum Gasteiger partial charge on any atom is -0.340 e. The fourth-order valence-electron chi connectivity index (χ4n) is 1.95. The molecular weight excluding hydrogens is 275 g/mol. The molecule has 2 aromatic rings. The zero-order valence-electron chi connectivity index (χ0n) is 11.6. The topological polar surface area (TPSA) is 33.2 Å². The molecule has 0 fully saturated rings. The van der Waals surface area contributed by atoms with Crippen molar-refractivity contribution >= 4 is 17.2 Å². The zero-order chi connectivity index (χ0) is 14.5. The number of benzene rings is 1. The normalized spacial score (nSPS) is 10.6. The third kappa shape index (κ3) is 4.13. The standard InChI is InChI=1S/C15H17FN2OS/c1-11-17-14(10-20-11)9-18(2)15(19)7-6-12-4-3-5-13(16)8-12/h3-5,8,10H,6-7,9H2,1-2H3. The number of aromatic nitrogens is 1. The average molecular weight is 292 g/mol. The molecule has 0 unspecified atom stereocenters. The van der Waals surface area contributed by atoms with Crippen molar-refractivity contribution in [1.82, 2.24) is 9.88 Å². The summed E-state index contributed by atoms with van der Waals surface area (Å²) in [5, 5.41) is 2.96. The van der Waals surface area contributed by atoms with Gasteiger partial charge in [-0.2, -0.15) is 0 Å². The van der Waals surface area contributed by atoms with Crippen molar-refractivity contribution in [2.75, 3.05) is 7.05 Å². The Morgan fingerprint density at radius 3 is 2.90 bits per heavy atom. The summed E-state index contributed by atoms with van der Waals surface area (Å²) in [6.07, 6.45) is 0.931. The molecule has 5 heteroatoms. The summed E-state index contributed by atoms with van der Waals surface area (Å²) in [4.78, 5) is 18.0. The van der Waals surface area contributed by atoms with Crippen molar-refractivity contribution in [3.63, 3.8) is 0 Å². The van der Waals surface area contributed by atoms with Crippen LogP contribution in [0.2, 0.25) is 0 Å². The molecule has 1 heterocycles. The third-order valence-electron chi connectivity index (χ3n) is 3.01. The van der Waals surface area contributed by atoms with E-state index in [0.29, 0.717) is 19.4 Å². The quantitative estimate of drug-likeness (QED) is 0.848. The summed E-state index contributed by atoms with van der Waals surface area (Å²) >= 11 is 1.58. The van der Waals surface area contributed by atoms with Gasteiger partial charge in [0.25, 0.3) is 0 Å². The van der Waals surface area contributed by atoms with Gasteiger partial charge in [-0.25, -0.2) is 9.37 Å². The van der Waals surface area contributed by atoms with E-state index in [2.05, 4.69) is 4.98 Å². The molecular formula is C15H17FN2OS. The van der Waals surface area contributed by atoms with E-state index >= 15 is 0 Å². The highest BCUT2D eigenvalue weighted by atomic mass is 32.1. The van der Waals surface area contributed by atoms with Gasteiger partial charge in [0, 0.05) is 18.8 Å². The number of amides is 1. The van der Waals surface area contributed by atoms with Crippen LogP contribution in [0.3, 0.4) is 0 Å². The number of thiazole rings is 1. The van der Waals surface area contributed by atoms with Crippen molar-refractivity contribution in [3.8, 4) is 0 Å². The van der Waals surface area contributed by atoms with Crippen LogP contribution < -0.4 is 0 Å². The van der Waals surface area contributed by atoms with E-state index < -0.39 is 0 Å².